The van der Waals surface area contributed by atoms with Crippen LogP contribution in [0.3, 0.4) is 0 Å². The van der Waals surface area contributed by atoms with Crippen LogP contribution in [0.5, 0.6) is 0 Å². The van der Waals surface area contributed by atoms with Crippen molar-refractivity contribution in [3.8, 4) is 0 Å². The van der Waals surface area contributed by atoms with Crippen LogP contribution in [0.1, 0.15) is 36.1 Å². The van der Waals surface area contributed by atoms with Crippen molar-refractivity contribution < 1.29 is 14.6 Å². The van der Waals surface area contributed by atoms with E-state index in [0.717, 1.165) is 38.2 Å². The maximum absolute atomic E-state index is 13.3. The van der Waals surface area contributed by atoms with Crippen LogP contribution < -0.4 is 0 Å². The Morgan fingerprint density at radius 2 is 1.55 bits per heavy atom. The molecule has 1 N–H and O–H groups in total. The van der Waals surface area contributed by atoms with Gasteiger partial charge in [-0.1, -0.05) is 66.7 Å². The molecule has 0 unspecified atom stereocenters. The van der Waals surface area contributed by atoms with Crippen molar-refractivity contribution in [2.24, 2.45) is 5.92 Å². The summed E-state index contributed by atoms with van der Waals surface area (Å²) in [6.45, 7) is 3.47. The van der Waals surface area contributed by atoms with Crippen LogP contribution in [0.25, 0.3) is 0 Å². The Bertz CT molecular complexity index is 950. The molecule has 0 saturated carbocycles. The largest absolute Gasteiger partial charge is 0.463 e. The van der Waals surface area contributed by atoms with Gasteiger partial charge in [-0.25, -0.2) is 4.79 Å². The monoisotopic (exact) mass is 444 g/mol. The molecule has 0 radical (unpaired) electrons. The highest BCUT2D eigenvalue weighted by atomic mass is 16.5. The normalized spacial score (nSPS) is 15.3. The Balaban J connectivity index is 1.45. The molecule has 1 aromatic heterocycles. The first kappa shape index (κ1) is 23.1. The fraction of sp³-hybridized carbons (Fsp3) is 0.357. The second-order valence-corrected chi connectivity index (χ2v) is 8.77. The lowest BCUT2D eigenvalue weighted by Gasteiger charge is -2.28. The van der Waals surface area contributed by atoms with Crippen molar-refractivity contribution in [3.63, 3.8) is 0 Å². The summed E-state index contributed by atoms with van der Waals surface area (Å²) in [6.07, 6.45) is 5.87. The molecule has 0 aliphatic carbocycles. The summed E-state index contributed by atoms with van der Waals surface area (Å²) in [6, 6.07) is 24.0. The van der Waals surface area contributed by atoms with Crippen LogP contribution >= 0.6 is 0 Å². The number of aromatic nitrogens is 1. The van der Waals surface area contributed by atoms with E-state index in [0.29, 0.717) is 17.0 Å². The maximum Gasteiger partial charge on any atom is 0.347 e. The molecule has 5 nitrogen and oxygen atoms in total. The van der Waals surface area contributed by atoms with Crippen LogP contribution in [-0.4, -0.2) is 47.2 Å². The van der Waals surface area contributed by atoms with Crippen LogP contribution in [-0.2, 0) is 21.6 Å². The summed E-state index contributed by atoms with van der Waals surface area (Å²) < 4.78 is 5.72. The van der Waals surface area contributed by atoms with Crippen molar-refractivity contribution in [1.29, 1.82) is 0 Å². The van der Waals surface area contributed by atoms with Gasteiger partial charge < -0.3 is 14.7 Å². The Morgan fingerprint density at radius 3 is 2.12 bits per heavy atom. The minimum Gasteiger partial charge on any atom is -0.463 e. The molecule has 1 fully saturated rings. The van der Waals surface area contributed by atoms with Crippen LogP contribution in [0.2, 0.25) is 0 Å². The number of carbonyl (C=O) groups is 1. The average Bonchev–Trinajstić information content (AvgIpc) is 3.38. The van der Waals surface area contributed by atoms with Crippen molar-refractivity contribution in [3.05, 3.63) is 102 Å². The number of likely N-dealkylation sites (tertiary alicyclic amines) is 1. The summed E-state index contributed by atoms with van der Waals surface area (Å²) in [5.41, 5.74) is 0.221. The van der Waals surface area contributed by atoms with Gasteiger partial charge in [-0.2, -0.15) is 0 Å². The predicted molar refractivity (Wildman–Crippen MR) is 129 cm³/mol. The van der Waals surface area contributed by atoms with E-state index in [2.05, 4.69) is 9.88 Å². The number of hydrogen-bond donors (Lipinski definition) is 1. The lowest BCUT2D eigenvalue weighted by atomic mass is 9.86. The van der Waals surface area contributed by atoms with Gasteiger partial charge in [0.15, 0.2) is 0 Å². The lowest BCUT2D eigenvalue weighted by Crippen LogP contribution is -2.39. The second-order valence-electron chi connectivity index (χ2n) is 8.77. The van der Waals surface area contributed by atoms with Crippen molar-refractivity contribution in [1.82, 2.24) is 9.88 Å². The Kier molecular flexibility index (Phi) is 7.87. The zero-order valence-corrected chi connectivity index (χ0v) is 19.0. The number of hydrogen-bond acceptors (Lipinski definition) is 5. The van der Waals surface area contributed by atoms with Gasteiger partial charge >= 0.3 is 5.97 Å². The van der Waals surface area contributed by atoms with Gasteiger partial charge in [0, 0.05) is 18.4 Å². The van der Waals surface area contributed by atoms with Crippen molar-refractivity contribution in [2.75, 3.05) is 26.2 Å². The molecule has 33 heavy (non-hydrogen) atoms. The lowest BCUT2D eigenvalue weighted by molar-refractivity contribution is -0.162. The van der Waals surface area contributed by atoms with Gasteiger partial charge in [-0.3, -0.25) is 4.98 Å². The summed E-state index contributed by atoms with van der Waals surface area (Å²) in [5, 5.41) is 11.6. The SMILES string of the molecule is O=C(OCC[C@@H](Cc1ccccn1)CN1CCCC1)C(O)(c1ccccc1)c1ccccc1. The minimum absolute atomic E-state index is 0.256. The van der Waals surface area contributed by atoms with Crippen LogP contribution in [0.4, 0.5) is 0 Å². The second kappa shape index (κ2) is 11.2. The molecule has 2 heterocycles. The third kappa shape index (κ3) is 5.86. The molecule has 0 bridgehead atoms. The summed E-state index contributed by atoms with van der Waals surface area (Å²) in [7, 11) is 0. The van der Waals surface area contributed by atoms with Gasteiger partial charge in [-0.05, 0) is 68.0 Å². The Labute approximate surface area is 196 Å². The third-order valence-corrected chi connectivity index (χ3v) is 6.38. The fourth-order valence-electron chi connectivity index (χ4n) is 4.59. The number of ether oxygens (including phenoxy) is 1. The fourth-order valence-corrected chi connectivity index (χ4v) is 4.59. The van der Waals surface area contributed by atoms with Gasteiger partial charge in [0.25, 0.3) is 0 Å². The van der Waals surface area contributed by atoms with Gasteiger partial charge in [0.1, 0.15) is 0 Å². The summed E-state index contributed by atoms with van der Waals surface area (Å²) >= 11 is 0. The van der Waals surface area contributed by atoms with E-state index in [1.165, 1.54) is 12.8 Å². The molecule has 1 saturated heterocycles. The maximum atomic E-state index is 13.3. The Hall–Kier alpha value is -3.02. The topological polar surface area (TPSA) is 62.7 Å². The number of pyridine rings is 1. The molecular formula is C28H32N2O3. The number of benzene rings is 2. The molecule has 2 aromatic carbocycles. The third-order valence-electron chi connectivity index (χ3n) is 6.38. The summed E-state index contributed by atoms with van der Waals surface area (Å²) in [4.78, 5) is 20.2. The number of carbonyl (C=O) groups excluding carboxylic acids is 1. The van der Waals surface area contributed by atoms with E-state index >= 15 is 0 Å². The number of esters is 1. The van der Waals surface area contributed by atoms with Crippen molar-refractivity contribution in [2.45, 2.75) is 31.3 Å². The molecule has 3 aromatic rings. The average molecular weight is 445 g/mol. The van der Waals surface area contributed by atoms with E-state index in [4.69, 9.17) is 4.74 Å². The molecule has 5 heteroatoms. The predicted octanol–water partition coefficient (Wildman–Crippen LogP) is 4.21. The molecule has 1 aliphatic heterocycles. The quantitative estimate of drug-likeness (QED) is 0.475. The van der Waals surface area contributed by atoms with Crippen molar-refractivity contribution >= 4 is 5.97 Å². The highest BCUT2D eigenvalue weighted by Gasteiger charge is 2.41. The molecule has 0 amide bonds. The molecule has 172 valence electrons. The number of aliphatic hydroxyl groups is 1. The van der Waals surface area contributed by atoms with E-state index in [-0.39, 0.29) is 6.61 Å². The Morgan fingerprint density at radius 1 is 0.939 bits per heavy atom. The van der Waals surface area contributed by atoms with Gasteiger partial charge in [-0.15, -0.1) is 0 Å². The molecule has 1 atom stereocenters. The zero-order valence-electron chi connectivity index (χ0n) is 19.0. The summed E-state index contributed by atoms with van der Waals surface area (Å²) in [5.74, 6) is -0.315. The first-order chi connectivity index (χ1) is 16.2. The molecule has 1 aliphatic rings. The minimum atomic E-state index is -1.84. The first-order valence-corrected chi connectivity index (χ1v) is 11.8. The molecular weight excluding hydrogens is 412 g/mol. The molecule has 0 spiro atoms. The molecule has 4 rings (SSSR count). The van der Waals surface area contributed by atoms with Gasteiger partial charge in [0.2, 0.25) is 5.60 Å². The van der Waals surface area contributed by atoms with Crippen LogP contribution in [0, 0.1) is 5.92 Å². The number of nitrogens with zero attached hydrogens (tertiary/aromatic N) is 2. The van der Waals surface area contributed by atoms with E-state index in [1.54, 1.807) is 24.3 Å². The van der Waals surface area contributed by atoms with Gasteiger partial charge in [0.05, 0.1) is 6.61 Å². The smallest absolute Gasteiger partial charge is 0.347 e. The highest BCUT2D eigenvalue weighted by Crippen LogP contribution is 2.31. The number of rotatable bonds is 10. The highest BCUT2D eigenvalue weighted by molar-refractivity contribution is 5.85. The van der Waals surface area contributed by atoms with E-state index < -0.39 is 11.6 Å². The first-order valence-electron chi connectivity index (χ1n) is 11.8. The zero-order chi connectivity index (χ0) is 22.9. The van der Waals surface area contributed by atoms with Crippen LogP contribution in [0.15, 0.2) is 85.1 Å². The van der Waals surface area contributed by atoms with E-state index in [9.17, 15) is 9.90 Å². The standard InChI is InChI=1S/C28H32N2O3/c31-27(28(32,24-11-3-1-4-12-24)25-13-5-2-6-14-25)33-20-16-23(22-30-18-9-10-19-30)21-26-15-7-8-17-29-26/h1-8,11-15,17,23,32H,9-10,16,18-22H2/t23-/m0/s1. The van der Waals surface area contributed by atoms with E-state index in [1.807, 2.05) is 60.8 Å².